The van der Waals surface area contributed by atoms with Gasteiger partial charge in [-0.25, -0.2) is 0 Å². The van der Waals surface area contributed by atoms with Crippen molar-refractivity contribution in [2.75, 3.05) is 0 Å². The quantitative estimate of drug-likeness (QED) is 0.819. The molecule has 3 nitrogen and oxygen atoms in total. The Morgan fingerprint density at radius 1 is 1.11 bits per heavy atom. The molecule has 0 amide bonds. The third-order valence-electron chi connectivity index (χ3n) is 2.28. The monoisotopic (exact) mass is 332 g/mol. The average Bonchev–Trinajstić information content (AvgIpc) is 2.32. The lowest BCUT2D eigenvalue weighted by Gasteiger charge is -2.08. The minimum absolute atomic E-state index is 0.0124. The van der Waals surface area contributed by atoms with Gasteiger partial charge in [-0.05, 0) is 36.8 Å². The molecule has 100 valence electrons. The molecule has 0 saturated heterocycles. The summed E-state index contributed by atoms with van der Waals surface area (Å²) < 4.78 is 43.2. The zero-order chi connectivity index (χ0) is 14.0. The van der Waals surface area contributed by atoms with Crippen molar-refractivity contribution in [1.82, 2.24) is 10.2 Å². The van der Waals surface area contributed by atoms with Gasteiger partial charge in [-0.15, -0.1) is 10.2 Å². The van der Waals surface area contributed by atoms with E-state index in [0.29, 0.717) is 5.75 Å². The lowest BCUT2D eigenvalue weighted by molar-refractivity contribution is -0.141. The Kier molecular flexibility index (Phi) is 3.75. The molecule has 19 heavy (non-hydrogen) atoms. The van der Waals surface area contributed by atoms with Gasteiger partial charge in [-0.1, -0.05) is 15.9 Å². The van der Waals surface area contributed by atoms with Crippen LogP contribution in [0.15, 0.2) is 34.8 Å². The van der Waals surface area contributed by atoms with Crippen molar-refractivity contribution in [3.63, 3.8) is 0 Å². The maximum absolute atomic E-state index is 12.3. The molecule has 0 atom stereocenters. The molecule has 1 aromatic heterocycles. The van der Waals surface area contributed by atoms with Crippen LogP contribution < -0.4 is 4.74 Å². The second-order valence-electron chi connectivity index (χ2n) is 3.77. The number of aryl methyl sites for hydroxylation is 1. The average molecular weight is 333 g/mol. The minimum atomic E-state index is -4.50. The number of rotatable bonds is 2. The molecule has 0 aliphatic carbocycles. The predicted octanol–water partition coefficient (Wildman–Crippen LogP) is 4.36. The smallest absolute Gasteiger partial charge is 0.435 e. The molecule has 0 aliphatic rings. The first kappa shape index (κ1) is 13.8. The molecule has 1 heterocycles. The number of ether oxygens (including phenoxy) is 1. The molecule has 7 heteroatoms. The predicted molar refractivity (Wildman–Crippen MR) is 66.0 cm³/mol. The van der Waals surface area contributed by atoms with Gasteiger partial charge in [0.25, 0.3) is 0 Å². The third-order valence-corrected chi connectivity index (χ3v) is 2.78. The van der Waals surface area contributed by atoms with Crippen LogP contribution in [-0.4, -0.2) is 10.2 Å². The van der Waals surface area contributed by atoms with E-state index in [1.807, 2.05) is 13.0 Å². The van der Waals surface area contributed by atoms with Gasteiger partial charge in [0, 0.05) is 10.5 Å². The number of nitrogens with zero attached hydrogens (tertiary/aromatic N) is 2. The zero-order valence-corrected chi connectivity index (χ0v) is 11.3. The summed E-state index contributed by atoms with van der Waals surface area (Å²) >= 11 is 3.30. The van der Waals surface area contributed by atoms with Gasteiger partial charge in [0.1, 0.15) is 5.75 Å². The van der Waals surface area contributed by atoms with Crippen molar-refractivity contribution >= 4 is 15.9 Å². The van der Waals surface area contributed by atoms with Gasteiger partial charge in [-0.2, -0.15) is 13.2 Å². The first-order valence-corrected chi connectivity index (χ1v) is 6.00. The van der Waals surface area contributed by atoms with E-state index in [1.54, 1.807) is 12.1 Å². The molecule has 0 fully saturated rings. The molecule has 2 aromatic rings. The fourth-order valence-corrected chi connectivity index (χ4v) is 1.84. The molecule has 1 aromatic carbocycles. The number of halogens is 4. The normalized spacial score (nSPS) is 11.4. The fraction of sp³-hybridized carbons (Fsp3) is 0.167. The second kappa shape index (κ2) is 5.16. The summed E-state index contributed by atoms with van der Waals surface area (Å²) in [4.78, 5) is 0. The van der Waals surface area contributed by atoms with Crippen LogP contribution in [0.3, 0.4) is 0 Å². The van der Waals surface area contributed by atoms with Crippen molar-refractivity contribution in [3.8, 4) is 11.6 Å². The molecule has 0 saturated carbocycles. The van der Waals surface area contributed by atoms with Crippen molar-refractivity contribution in [1.29, 1.82) is 0 Å². The lowest BCUT2D eigenvalue weighted by atomic mass is 10.2. The van der Waals surface area contributed by atoms with Crippen LogP contribution in [-0.2, 0) is 6.18 Å². The minimum Gasteiger partial charge on any atom is -0.437 e. The van der Waals surface area contributed by atoms with E-state index in [-0.39, 0.29) is 5.88 Å². The SMILES string of the molecule is Cc1cc(Br)ccc1Oc1ccc(C(F)(F)F)nn1. The second-order valence-corrected chi connectivity index (χ2v) is 4.68. The van der Waals surface area contributed by atoms with Crippen molar-refractivity contribution < 1.29 is 17.9 Å². The van der Waals surface area contributed by atoms with Crippen molar-refractivity contribution in [3.05, 3.63) is 46.1 Å². The van der Waals surface area contributed by atoms with Crippen LogP contribution in [0, 0.1) is 6.92 Å². The lowest BCUT2D eigenvalue weighted by Crippen LogP contribution is -2.08. The van der Waals surface area contributed by atoms with Gasteiger partial charge >= 0.3 is 6.18 Å². The van der Waals surface area contributed by atoms with Crippen LogP contribution >= 0.6 is 15.9 Å². The Bertz CT molecular complexity index is 585. The van der Waals surface area contributed by atoms with Crippen LogP contribution in [0.2, 0.25) is 0 Å². The number of hydrogen-bond acceptors (Lipinski definition) is 3. The summed E-state index contributed by atoms with van der Waals surface area (Å²) in [6.07, 6.45) is -4.50. The zero-order valence-electron chi connectivity index (χ0n) is 9.70. The Morgan fingerprint density at radius 3 is 2.37 bits per heavy atom. The number of benzene rings is 1. The highest BCUT2D eigenvalue weighted by atomic mass is 79.9. The molecule has 0 spiro atoms. The molecule has 2 rings (SSSR count). The van der Waals surface area contributed by atoms with Crippen molar-refractivity contribution in [2.45, 2.75) is 13.1 Å². The van der Waals surface area contributed by atoms with Crippen LogP contribution in [0.25, 0.3) is 0 Å². The van der Waals surface area contributed by atoms with E-state index in [0.717, 1.165) is 22.2 Å². The highest BCUT2D eigenvalue weighted by Crippen LogP contribution is 2.29. The highest BCUT2D eigenvalue weighted by Gasteiger charge is 2.32. The largest absolute Gasteiger partial charge is 0.437 e. The van der Waals surface area contributed by atoms with E-state index < -0.39 is 11.9 Å². The molecule has 0 unspecified atom stereocenters. The summed E-state index contributed by atoms with van der Waals surface area (Å²) in [5.74, 6) is 0.524. The Morgan fingerprint density at radius 2 is 1.84 bits per heavy atom. The van der Waals surface area contributed by atoms with Gasteiger partial charge in [0.2, 0.25) is 5.88 Å². The first-order valence-electron chi connectivity index (χ1n) is 5.21. The molecule has 0 bridgehead atoms. The summed E-state index contributed by atoms with van der Waals surface area (Å²) in [6, 6.07) is 7.25. The Labute approximate surface area is 115 Å². The summed E-state index contributed by atoms with van der Waals surface area (Å²) in [7, 11) is 0. The van der Waals surface area contributed by atoms with Crippen molar-refractivity contribution in [2.24, 2.45) is 0 Å². The maximum atomic E-state index is 12.3. The summed E-state index contributed by atoms with van der Waals surface area (Å²) in [6.45, 7) is 1.82. The molecule has 0 N–H and O–H groups in total. The maximum Gasteiger partial charge on any atom is 0.435 e. The van der Waals surface area contributed by atoms with E-state index >= 15 is 0 Å². The molecule has 0 aliphatic heterocycles. The molecular weight excluding hydrogens is 325 g/mol. The topological polar surface area (TPSA) is 35.0 Å². The fourth-order valence-electron chi connectivity index (χ4n) is 1.37. The highest BCUT2D eigenvalue weighted by molar-refractivity contribution is 9.10. The van der Waals surface area contributed by atoms with Gasteiger partial charge in [0.05, 0.1) is 0 Å². The summed E-state index contributed by atoms with van der Waals surface area (Å²) in [5, 5.41) is 6.48. The Balaban J connectivity index is 2.20. The van der Waals surface area contributed by atoms with Crippen LogP contribution in [0.4, 0.5) is 13.2 Å². The standard InChI is InChI=1S/C12H8BrF3N2O/c1-7-6-8(13)2-3-9(7)19-11-5-4-10(17-18-11)12(14,15)16/h2-6H,1H3. The number of alkyl halides is 3. The van der Waals surface area contributed by atoms with E-state index in [1.165, 1.54) is 0 Å². The third kappa shape index (κ3) is 3.44. The van der Waals surface area contributed by atoms with Gasteiger partial charge in [0.15, 0.2) is 5.69 Å². The van der Waals surface area contributed by atoms with Gasteiger partial charge < -0.3 is 4.74 Å². The van der Waals surface area contributed by atoms with E-state index in [9.17, 15) is 13.2 Å². The van der Waals surface area contributed by atoms with E-state index in [4.69, 9.17) is 4.74 Å². The Hall–Kier alpha value is -1.63. The van der Waals surface area contributed by atoms with Crippen LogP contribution in [0.5, 0.6) is 11.6 Å². The van der Waals surface area contributed by atoms with Crippen LogP contribution in [0.1, 0.15) is 11.3 Å². The molecular formula is C12H8BrF3N2O. The molecule has 0 radical (unpaired) electrons. The summed E-state index contributed by atoms with van der Waals surface area (Å²) in [5.41, 5.74) is -0.219. The number of aromatic nitrogens is 2. The van der Waals surface area contributed by atoms with E-state index in [2.05, 4.69) is 26.1 Å². The first-order chi connectivity index (χ1) is 8.86. The number of hydrogen-bond donors (Lipinski definition) is 0. The van der Waals surface area contributed by atoms with Gasteiger partial charge in [-0.3, -0.25) is 0 Å².